The van der Waals surface area contributed by atoms with Gasteiger partial charge in [-0.25, -0.2) is 13.8 Å². The molecule has 0 unspecified atom stereocenters. The van der Waals surface area contributed by atoms with Crippen LogP contribution in [0.25, 0.3) is 0 Å². The van der Waals surface area contributed by atoms with Crippen LogP contribution >= 0.6 is 15.9 Å². The molecule has 1 aliphatic rings. The predicted octanol–water partition coefficient (Wildman–Crippen LogP) is 4.33. The summed E-state index contributed by atoms with van der Waals surface area (Å²) in [6.07, 6.45) is 0.795. The van der Waals surface area contributed by atoms with E-state index in [1.54, 1.807) is 30.3 Å². The van der Waals surface area contributed by atoms with Crippen LogP contribution in [0.4, 0.5) is 20.3 Å². The average Bonchev–Trinajstić information content (AvgIpc) is 2.63. The van der Waals surface area contributed by atoms with Crippen molar-refractivity contribution in [2.24, 2.45) is 0 Å². The molecule has 1 fully saturated rings. The Hall–Kier alpha value is -2.53. The molecule has 2 heterocycles. The molecule has 134 valence electrons. The molecule has 0 bridgehead atoms. The summed E-state index contributed by atoms with van der Waals surface area (Å²) < 4.78 is 27.0. The molecule has 1 aromatic heterocycles. The van der Waals surface area contributed by atoms with Gasteiger partial charge in [-0.15, -0.1) is 0 Å². The van der Waals surface area contributed by atoms with Crippen LogP contribution in [-0.2, 0) is 0 Å². The van der Waals surface area contributed by atoms with Crippen LogP contribution in [-0.4, -0.2) is 34.8 Å². The number of benzene rings is 1. The molecular weight excluding hydrogens is 406 g/mol. The number of amides is 1. The number of nitrogens with one attached hydrogen (secondary N) is 1. The van der Waals surface area contributed by atoms with Gasteiger partial charge in [-0.05, 0) is 46.3 Å². The van der Waals surface area contributed by atoms with Crippen LogP contribution in [0.2, 0.25) is 0 Å². The Balaban J connectivity index is 1.70. The van der Waals surface area contributed by atoms with Crippen LogP contribution in [0, 0.1) is 11.3 Å². The lowest BCUT2D eigenvalue weighted by molar-refractivity contribution is -0.0494. The molecule has 0 atom stereocenters. The normalized spacial score (nSPS) is 16.0. The van der Waals surface area contributed by atoms with Gasteiger partial charge in [0, 0.05) is 37.8 Å². The lowest BCUT2D eigenvalue weighted by Crippen LogP contribution is -2.42. The highest BCUT2D eigenvalue weighted by molar-refractivity contribution is 9.10. The number of likely N-dealkylation sites (tertiary alicyclic amines) is 1. The first-order chi connectivity index (χ1) is 12.4. The van der Waals surface area contributed by atoms with Crippen molar-refractivity contribution in [2.45, 2.75) is 18.8 Å². The number of nitrogens with zero attached hydrogens (tertiary/aromatic N) is 3. The zero-order valence-corrected chi connectivity index (χ0v) is 15.3. The number of rotatable bonds is 3. The quantitative estimate of drug-likeness (QED) is 0.801. The molecule has 1 amide bonds. The average molecular weight is 421 g/mol. The monoisotopic (exact) mass is 420 g/mol. The lowest BCUT2D eigenvalue weighted by Gasteiger charge is -2.31. The van der Waals surface area contributed by atoms with Gasteiger partial charge < -0.3 is 10.2 Å². The summed E-state index contributed by atoms with van der Waals surface area (Å²) in [6.45, 7) is 0.0728. The number of hydrogen-bond donors (Lipinski definition) is 1. The minimum absolute atomic E-state index is 0.0364. The minimum Gasteiger partial charge on any atom is -0.339 e. The minimum atomic E-state index is -2.69. The van der Waals surface area contributed by atoms with Crippen LogP contribution in [0.5, 0.6) is 0 Å². The topological polar surface area (TPSA) is 69.0 Å². The van der Waals surface area contributed by atoms with E-state index in [0.29, 0.717) is 21.4 Å². The van der Waals surface area contributed by atoms with Crippen molar-refractivity contribution in [1.82, 2.24) is 9.88 Å². The number of hydrogen-bond acceptors (Lipinski definition) is 4. The standard InChI is InChI=1S/C18H15BrF2N4O/c19-15-9-13(17(26)25-7-5-18(20,21)6-8-25)11-23-16(15)24-14-3-1-12(10-22)2-4-14/h1-4,9,11H,5-8H2,(H,23,24). The highest BCUT2D eigenvalue weighted by atomic mass is 79.9. The van der Waals surface area contributed by atoms with Crippen LogP contribution < -0.4 is 5.32 Å². The number of carbonyl (C=O) groups is 1. The highest BCUT2D eigenvalue weighted by Gasteiger charge is 2.35. The van der Waals surface area contributed by atoms with Gasteiger partial charge >= 0.3 is 0 Å². The van der Waals surface area contributed by atoms with Crippen molar-refractivity contribution >= 4 is 33.3 Å². The Kier molecular flexibility index (Phi) is 5.18. The number of alkyl halides is 2. The van der Waals surface area contributed by atoms with Crippen molar-refractivity contribution in [3.8, 4) is 6.07 Å². The largest absolute Gasteiger partial charge is 0.339 e. The fourth-order valence-electron chi connectivity index (χ4n) is 2.63. The first-order valence-electron chi connectivity index (χ1n) is 7.98. The summed E-state index contributed by atoms with van der Waals surface area (Å²) in [7, 11) is 0. The Bertz CT molecular complexity index is 854. The van der Waals surface area contributed by atoms with Gasteiger partial charge in [0.2, 0.25) is 0 Å². The maximum absolute atomic E-state index is 13.2. The van der Waals surface area contributed by atoms with Gasteiger partial charge in [0.15, 0.2) is 0 Å². The molecule has 0 spiro atoms. The Labute approximate surface area is 157 Å². The molecule has 5 nitrogen and oxygen atoms in total. The molecule has 2 aromatic rings. The van der Waals surface area contributed by atoms with E-state index < -0.39 is 5.92 Å². The van der Waals surface area contributed by atoms with E-state index in [9.17, 15) is 13.6 Å². The number of anilines is 2. The van der Waals surface area contributed by atoms with E-state index >= 15 is 0 Å². The van der Waals surface area contributed by atoms with Crippen molar-refractivity contribution in [3.05, 3.63) is 52.1 Å². The van der Waals surface area contributed by atoms with Crippen molar-refractivity contribution < 1.29 is 13.6 Å². The molecule has 1 aromatic carbocycles. The SMILES string of the molecule is N#Cc1ccc(Nc2ncc(C(=O)N3CCC(F)(F)CC3)cc2Br)cc1. The van der Waals surface area contributed by atoms with Gasteiger partial charge in [0.05, 0.1) is 21.7 Å². The first kappa shape index (κ1) is 18.3. The van der Waals surface area contributed by atoms with Gasteiger partial charge in [0.1, 0.15) is 5.82 Å². The molecule has 1 saturated heterocycles. The second kappa shape index (κ2) is 7.38. The Morgan fingerprint density at radius 2 is 1.92 bits per heavy atom. The zero-order valence-electron chi connectivity index (χ0n) is 13.7. The summed E-state index contributed by atoms with van der Waals surface area (Å²) in [5.41, 5.74) is 1.64. The second-order valence-electron chi connectivity index (χ2n) is 6.02. The van der Waals surface area contributed by atoms with Crippen molar-refractivity contribution in [3.63, 3.8) is 0 Å². The summed E-state index contributed by atoms with van der Waals surface area (Å²) in [4.78, 5) is 18.1. The van der Waals surface area contributed by atoms with Gasteiger partial charge in [-0.2, -0.15) is 5.26 Å². The molecule has 1 aliphatic heterocycles. The van der Waals surface area contributed by atoms with Crippen LogP contribution in [0.1, 0.15) is 28.8 Å². The zero-order chi connectivity index (χ0) is 18.7. The number of halogens is 3. The summed E-state index contributed by atoms with van der Waals surface area (Å²) in [6, 6.07) is 10.5. The number of piperidine rings is 1. The van der Waals surface area contributed by atoms with E-state index in [1.807, 2.05) is 6.07 Å². The molecule has 8 heteroatoms. The number of carbonyl (C=O) groups excluding carboxylic acids is 1. The molecule has 0 radical (unpaired) electrons. The smallest absolute Gasteiger partial charge is 0.255 e. The van der Waals surface area contributed by atoms with E-state index in [0.717, 1.165) is 5.69 Å². The third kappa shape index (κ3) is 4.17. The van der Waals surface area contributed by atoms with Gasteiger partial charge in [0.25, 0.3) is 11.8 Å². The fourth-order valence-corrected chi connectivity index (χ4v) is 3.08. The molecule has 26 heavy (non-hydrogen) atoms. The van der Waals surface area contributed by atoms with E-state index in [4.69, 9.17) is 5.26 Å². The fraction of sp³-hybridized carbons (Fsp3) is 0.278. The summed E-state index contributed by atoms with van der Waals surface area (Å²) in [5, 5.41) is 11.9. The number of pyridine rings is 1. The summed E-state index contributed by atoms with van der Waals surface area (Å²) >= 11 is 3.38. The lowest BCUT2D eigenvalue weighted by atomic mass is 10.1. The molecule has 0 aliphatic carbocycles. The van der Waals surface area contributed by atoms with E-state index in [2.05, 4.69) is 26.2 Å². The third-order valence-electron chi connectivity index (χ3n) is 4.15. The Morgan fingerprint density at radius 1 is 1.27 bits per heavy atom. The van der Waals surface area contributed by atoms with Gasteiger partial charge in [-0.3, -0.25) is 4.79 Å². The van der Waals surface area contributed by atoms with E-state index in [-0.39, 0.29) is 31.8 Å². The third-order valence-corrected chi connectivity index (χ3v) is 4.75. The molecule has 0 saturated carbocycles. The number of aromatic nitrogens is 1. The van der Waals surface area contributed by atoms with Gasteiger partial charge in [-0.1, -0.05) is 0 Å². The molecule has 1 N–H and O–H groups in total. The maximum Gasteiger partial charge on any atom is 0.255 e. The van der Waals surface area contributed by atoms with Crippen LogP contribution in [0.3, 0.4) is 0 Å². The second-order valence-corrected chi connectivity index (χ2v) is 6.87. The highest BCUT2D eigenvalue weighted by Crippen LogP contribution is 2.29. The number of nitriles is 1. The maximum atomic E-state index is 13.2. The van der Waals surface area contributed by atoms with Crippen LogP contribution in [0.15, 0.2) is 41.0 Å². The summed E-state index contributed by atoms with van der Waals surface area (Å²) in [5.74, 6) is -2.49. The Morgan fingerprint density at radius 3 is 2.50 bits per heavy atom. The molecule has 3 rings (SSSR count). The first-order valence-corrected chi connectivity index (χ1v) is 8.77. The van der Waals surface area contributed by atoms with E-state index in [1.165, 1.54) is 11.1 Å². The van der Waals surface area contributed by atoms with Crippen molar-refractivity contribution in [2.75, 3.05) is 18.4 Å². The molecular formula is C18H15BrF2N4O. The predicted molar refractivity (Wildman–Crippen MR) is 96.5 cm³/mol. The van der Waals surface area contributed by atoms with Crippen molar-refractivity contribution in [1.29, 1.82) is 5.26 Å².